The minimum atomic E-state index is -4.59. The van der Waals surface area contributed by atoms with E-state index in [0.717, 1.165) is 30.7 Å². The molecule has 1 unspecified atom stereocenters. The number of likely N-dealkylation sites (N-methyl/N-ethyl adjacent to an activating group) is 1. The van der Waals surface area contributed by atoms with E-state index in [1.165, 1.54) is 7.11 Å². The van der Waals surface area contributed by atoms with E-state index in [4.69, 9.17) is 12.6 Å². The average molecular weight is 402 g/mol. The molecule has 8 heteroatoms. The fourth-order valence-electron chi connectivity index (χ4n) is 3.92. The van der Waals surface area contributed by atoms with Gasteiger partial charge in [0.05, 0.1) is 23.8 Å². The normalized spacial score (nSPS) is 20.3. The van der Waals surface area contributed by atoms with Crippen LogP contribution in [0.3, 0.4) is 0 Å². The molecule has 1 N–H and O–H groups in total. The first-order valence-corrected chi connectivity index (χ1v) is 9.27. The molecule has 0 saturated carbocycles. The zero-order valence-electron chi connectivity index (χ0n) is 16.3. The number of methoxy groups -OCH3 is 1. The second-order valence-corrected chi connectivity index (χ2v) is 7.38. The van der Waals surface area contributed by atoms with Crippen LogP contribution in [0.25, 0.3) is 0 Å². The third-order valence-corrected chi connectivity index (χ3v) is 5.27. The summed E-state index contributed by atoms with van der Waals surface area (Å²) < 4.78 is 44.4. The number of nitrogens with zero attached hydrogens (tertiary/aromatic N) is 1. The summed E-state index contributed by atoms with van der Waals surface area (Å²) in [6.45, 7) is 1.47. The molecule has 1 atom stereocenters. The lowest BCUT2D eigenvalue weighted by molar-refractivity contribution is -0.137. The summed E-state index contributed by atoms with van der Waals surface area (Å²) in [6, 6.07) is 11.1. The van der Waals surface area contributed by atoms with Gasteiger partial charge in [-0.2, -0.15) is 13.2 Å². The average Bonchev–Trinajstić information content (AvgIpc) is 2.67. The van der Waals surface area contributed by atoms with E-state index in [9.17, 15) is 18.0 Å². The van der Waals surface area contributed by atoms with E-state index < -0.39 is 23.2 Å². The van der Waals surface area contributed by atoms with Gasteiger partial charge < -0.3 is 15.0 Å². The van der Waals surface area contributed by atoms with Gasteiger partial charge in [-0.1, -0.05) is 41.9 Å². The Morgan fingerprint density at radius 2 is 1.93 bits per heavy atom. The molecule has 0 bridgehead atoms. The maximum Gasteiger partial charge on any atom is 0.416 e. The highest BCUT2D eigenvalue weighted by Gasteiger charge is 2.39. The van der Waals surface area contributed by atoms with E-state index in [-0.39, 0.29) is 16.8 Å². The smallest absolute Gasteiger partial charge is 0.416 e. The number of halogens is 3. The van der Waals surface area contributed by atoms with Crippen molar-refractivity contribution in [3.05, 3.63) is 59.2 Å². The van der Waals surface area contributed by atoms with Crippen molar-refractivity contribution in [2.45, 2.75) is 24.6 Å². The molecule has 0 spiro atoms. The van der Waals surface area contributed by atoms with Crippen LogP contribution in [0.4, 0.5) is 13.2 Å². The number of likely N-dealkylation sites (tertiary alicyclic amines) is 1. The standard InChI is InChI=1S/C21H22BF3N2O2/c1-27-10-6-9-20(13-27,14-7-4-3-5-8-14)26-19(28)18-16(22)11-15(21(23,24)25)12-17(18)29-2/h3-5,7-8,11-12H,6,9-10,13H2,1-2H3,(H,26,28). The maximum absolute atomic E-state index is 13.2. The molecule has 2 aromatic rings. The summed E-state index contributed by atoms with van der Waals surface area (Å²) in [5, 5.41) is 3.05. The zero-order valence-corrected chi connectivity index (χ0v) is 16.3. The SMILES string of the molecule is [B]c1cc(C(F)(F)F)cc(OC)c1C(=O)NC1(c2ccccc2)CCCN(C)C1. The number of alkyl halides is 3. The largest absolute Gasteiger partial charge is 0.496 e. The van der Waals surface area contributed by atoms with Gasteiger partial charge >= 0.3 is 6.18 Å². The predicted molar refractivity (Wildman–Crippen MR) is 106 cm³/mol. The molecule has 3 rings (SSSR count). The Morgan fingerprint density at radius 1 is 1.24 bits per heavy atom. The number of ether oxygens (including phenoxy) is 1. The molecule has 4 nitrogen and oxygen atoms in total. The summed E-state index contributed by atoms with van der Waals surface area (Å²) in [4.78, 5) is 15.3. The van der Waals surface area contributed by atoms with Gasteiger partial charge in [-0.3, -0.25) is 4.79 Å². The van der Waals surface area contributed by atoms with Crippen LogP contribution in [-0.2, 0) is 11.7 Å². The van der Waals surface area contributed by atoms with Crippen molar-refractivity contribution in [3.8, 4) is 5.75 Å². The fourth-order valence-corrected chi connectivity index (χ4v) is 3.92. The lowest BCUT2D eigenvalue weighted by Crippen LogP contribution is -2.56. The van der Waals surface area contributed by atoms with Gasteiger partial charge in [0.15, 0.2) is 0 Å². The van der Waals surface area contributed by atoms with Crippen molar-refractivity contribution in [1.29, 1.82) is 0 Å². The highest BCUT2D eigenvalue weighted by molar-refractivity contribution is 6.37. The number of benzene rings is 2. The minimum Gasteiger partial charge on any atom is -0.496 e. The maximum atomic E-state index is 13.2. The van der Waals surface area contributed by atoms with Crippen LogP contribution in [0.1, 0.15) is 34.3 Å². The Morgan fingerprint density at radius 3 is 2.52 bits per heavy atom. The number of hydrogen-bond acceptors (Lipinski definition) is 3. The monoisotopic (exact) mass is 402 g/mol. The number of piperidine rings is 1. The van der Waals surface area contributed by atoms with Gasteiger partial charge in [-0.15, -0.1) is 0 Å². The lowest BCUT2D eigenvalue weighted by atomic mass is 9.81. The first kappa shape index (κ1) is 21.2. The van der Waals surface area contributed by atoms with Crippen LogP contribution in [0.5, 0.6) is 5.75 Å². The second-order valence-electron chi connectivity index (χ2n) is 7.38. The van der Waals surface area contributed by atoms with Gasteiger partial charge in [0.25, 0.3) is 5.91 Å². The summed E-state index contributed by atoms with van der Waals surface area (Å²) in [5.41, 5.74) is -1.07. The van der Waals surface area contributed by atoms with Gasteiger partial charge in [0.1, 0.15) is 13.6 Å². The van der Waals surface area contributed by atoms with Crippen LogP contribution in [0.2, 0.25) is 0 Å². The van der Waals surface area contributed by atoms with Crippen molar-refractivity contribution >= 4 is 19.2 Å². The van der Waals surface area contributed by atoms with Gasteiger partial charge in [0, 0.05) is 6.54 Å². The van der Waals surface area contributed by atoms with Crippen LogP contribution >= 0.6 is 0 Å². The molecule has 1 fully saturated rings. The van der Waals surface area contributed by atoms with Gasteiger partial charge in [-0.05, 0) is 38.1 Å². The van der Waals surface area contributed by atoms with Crippen LogP contribution in [-0.4, -0.2) is 45.9 Å². The Labute approximate surface area is 169 Å². The Hall–Kier alpha value is -2.48. The van der Waals surface area contributed by atoms with Crippen molar-refractivity contribution < 1.29 is 22.7 Å². The number of carbonyl (C=O) groups excluding carboxylic acids is 1. The summed E-state index contributed by atoms with van der Waals surface area (Å²) in [5.74, 6) is -0.769. The Kier molecular flexibility index (Phi) is 5.94. The molecule has 152 valence electrons. The Bertz CT molecular complexity index is 889. The predicted octanol–water partition coefficient (Wildman–Crippen LogP) is 2.86. The topological polar surface area (TPSA) is 41.6 Å². The number of nitrogens with one attached hydrogen (secondary N) is 1. The van der Waals surface area contributed by atoms with Gasteiger partial charge in [0.2, 0.25) is 0 Å². The molecule has 0 aromatic heterocycles. The molecule has 1 aliphatic rings. The third-order valence-electron chi connectivity index (χ3n) is 5.27. The molecule has 2 aromatic carbocycles. The first-order chi connectivity index (χ1) is 13.7. The lowest BCUT2D eigenvalue weighted by Gasteiger charge is -2.42. The van der Waals surface area contributed by atoms with E-state index >= 15 is 0 Å². The molecule has 1 aliphatic heterocycles. The zero-order chi connectivity index (χ0) is 21.2. The third kappa shape index (κ3) is 4.42. The molecule has 2 radical (unpaired) electrons. The molecular weight excluding hydrogens is 380 g/mol. The minimum absolute atomic E-state index is 0.0935. The highest BCUT2D eigenvalue weighted by Crippen LogP contribution is 2.34. The summed E-state index contributed by atoms with van der Waals surface area (Å²) >= 11 is 0. The van der Waals surface area contributed by atoms with Crippen molar-refractivity contribution in [1.82, 2.24) is 10.2 Å². The number of hydrogen-bond donors (Lipinski definition) is 1. The van der Waals surface area contributed by atoms with Crippen LogP contribution < -0.4 is 15.5 Å². The molecule has 1 heterocycles. The molecular formula is C21H22BF3N2O2. The van der Waals surface area contributed by atoms with E-state index in [0.29, 0.717) is 13.0 Å². The molecule has 0 aliphatic carbocycles. The van der Waals surface area contributed by atoms with Gasteiger partial charge in [-0.25, -0.2) is 0 Å². The summed E-state index contributed by atoms with van der Waals surface area (Å²) in [7, 11) is 9.04. The number of rotatable bonds is 4. The van der Waals surface area contributed by atoms with Crippen molar-refractivity contribution in [2.24, 2.45) is 0 Å². The molecule has 1 amide bonds. The van der Waals surface area contributed by atoms with Crippen molar-refractivity contribution in [3.63, 3.8) is 0 Å². The van der Waals surface area contributed by atoms with Crippen LogP contribution in [0.15, 0.2) is 42.5 Å². The van der Waals surface area contributed by atoms with E-state index in [1.54, 1.807) is 0 Å². The molecule has 1 saturated heterocycles. The summed E-state index contributed by atoms with van der Waals surface area (Å²) in [6.07, 6.45) is -3.02. The van der Waals surface area contributed by atoms with E-state index in [2.05, 4.69) is 10.2 Å². The second kappa shape index (κ2) is 8.10. The quantitative estimate of drug-likeness (QED) is 0.800. The van der Waals surface area contributed by atoms with Crippen molar-refractivity contribution in [2.75, 3.05) is 27.2 Å². The first-order valence-electron chi connectivity index (χ1n) is 9.27. The Balaban J connectivity index is 2.01. The van der Waals surface area contributed by atoms with Crippen LogP contribution in [0, 0.1) is 0 Å². The number of amides is 1. The fraction of sp³-hybridized carbons (Fsp3) is 0.381. The molecule has 29 heavy (non-hydrogen) atoms. The number of carbonyl (C=O) groups is 1. The highest BCUT2D eigenvalue weighted by atomic mass is 19.4. The van der Waals surface area contributed by atoms with E-state index in [1.807, 2.05) is 37.4 Å².